The highest BCUT2D eigenvalue weighted by Crippen LogP contribution is 2.31. The minimum absolute atomic E-state index is 0.0542. The minimum Gasteiger partial charge on any atom is -0.477 e. The second-order valence-electron chi connectivity index (χ2n) is 5.92. The summed E-state index contributed by atoms with van der Waals surface area (Å²) < 4.78 is 5.33. The van der Waals surface area contributed by atoms with Crippen molar-refractivity contribution in [2.24, 2.45) is 0 Å². The molecule has 0 aromatic heterocycles. The van der Waals surface area contributed by atoms with E-state index in [9.17, 15) is 14.9 Å². The van der Waals surface area contributed by atoms with Crippen molar-refractivity contribution in [3.8, 4) is 5.75 Å². The molecule has 0 unspecified atom stereocenters. The molecule has 0 saturated carbocycles. The fourth-order valence-electron chi connectivity index (χ4n) is 2.90. The van der Waals surface area contributed by atoms with Crippen LogP contribution < -0.4 is 15.0 Å². The number of nitrogens with zero attached hydrogens (tertiary/aromatic N) is 2. The number of amides is 1. The Hall–Kier alpha value is -2.80. The summed E-state index contributed by atoms with van der Waals surface area (Å²) >= 11 is 6.06. The molecule has 1 saturated heterocycles. The first-order valence-electron chi connectivity index (χ1n) is 8.25. The maximum absolute atomic E-state index is 12.3. The number of hydrogen-bond donors (Lipinski definition) is 1. The van der Waals surface area contributed by atoms with Crippen molar-refractivity contribution in [2.75, 3.05) is 29.9 Å². The SMILES string of the molecule is O=C(COc1ccccc1[N+](=O)[O-])Nc1cc(Cl)ccc1N1CCCC1. The summed E-state index contributed by atoms with van der Waals surface area (Å²) in [5, 5.41) is 14.3. The van der Waals surface area contributed by atoms with Crippen LogP contribution in [0.4, 0.5) is 17.1 Å². The number of nitrogens with one attached hydrogen (secondary N) is 1. The van der Waals surface area contributed by atoms with Gasteiger partial charge in [0.2, 0.25) is 0 Å². The van der Waals surface area contributed by atoms with Gasteiger partial charge in [0, 0.05) is 24.2 Å². The lowest BCUT2D eigenvalue weighted by Crippen LogP contribution is -2.24. The zero-order valence-electron chi connectivity index (χ0n) is 14.0. The average Bonchev–Trinajstić information content (AvgIpc) is 3.14. The fraction of sp³-hybridized carbons (Fsp3) is 0.278. The standard InChI is InChI=1S/C18H18ClN3O4/c19-13-7-8-15(21-9-3-4-10-21)14(11-13)20-18(23)12-26-17-6-2-1-5-16(17)22(24)25/h1-2,5-8,11H,3-4,9-10,12H2,(H,20,23). The van der Waals surface area contributed by atoms with E-state index < -0.39 is 10.8 Å². The van der Waals surface area contributed by atoms with E-state index in [1.807, 2.05) is 6.07 Å². The van der Waals surface area contributed by atoms with Crippen LogP contribution in [-0.2, 0) is 4.79 Å². The summed E-state index contributed by atoms with van der Waals surface area (Å²) in [6.45, 7) is 1.52. The third-order valence-corrected chi connectivity index (χ3v) is 4.34. The number of rotatable bonds is 6. The first-order chi connectivity index (χ1) is 12.5. The van der Waals surface area contributed by atoms with Gasteiger partial charge in [-0.1, -0.05) is 23.7 Å². The van der Waals surface area contributed by atoms with E-state index in [1.54, 1.807) is 24.3 Å². The van der Waals surface area contributed by atoms with E-state index in [-0.39, 0.29) is 18.0 Å². The molecule has 0 aliphatic carbocycles. The number of nitro groups is 1. The first kappa shape index (κ1) is 18.0. The van der Waals surface area contributed by atoms with Gasteiger partial charge in [0.05, 0.1) is 16.3 Å². The van der Waals surface area contributed by atoms with E-state index in [0.717, 1.165) is 31.6 Å². The van der Waals surface area contributed by atoms with Crippen molar-refractivity contribution in [1.82, 2.24) is 0 Å². The molecule has 0 atom stereocenters. The molecule has 1 aliphatic rings. The van der Waals surface area contributed by atoms with E-state index in [1.165, 1.54) is 12.1 Å². The maximum Gasteiger partial charge on any atom is 0.310 e. The third-order valence-electron chi connectivity index (χ3n) is 4.10. The van der Waals surface area contributed by atoms with Crippen LogP contribution in [-0.4, -0.2) is 30.5 Å². The largest absolute Gasteiger partial charge is 0.477 e. The number of para-hydroxylation sites is 2. The van der Waals surface area contributed by atoms with Crippen molar-refractivity contribution in [3.05, 3.63) is 57.6 Å². The lowest BCUT2D eigenvalue weighted by Gasteiger charge is -2.21. The summed E-state index contributed by atoms with van der Waals surface area (Å²) in [6, 6.07) is 11.3. The Morgan fingerprint density at radius 1 is 1.23 bits per heavy atom. The number of carbonyl (C=O) groups is 1. The number of benzene rings is 2. The van der Waals surface area contributed by atoms with Gasteiger partial charge in [0.15, 0.2) is 12.4 Å². The molecule has 26 heavy (non-hydrogen) atoms. The van der Waals surface area contributed by atoms with Crippen molar-refractivity contribution in [3.63, 3.8) is 0 Å². The quantitative estimate of drug-likeness (QED) is 0.612. The predicted octanol–water partition coefficient (Wildman–Crippen LogP) is 3.87. The molecule has 1 amide bonds. The number of carbonyl (C=O) groups excluding carboxylic acids is 1. The average molecular weight is 376 g/mol. The van der Waals surface area contributed by atoms with Gasteiger partial charge in [-0.25, -0.2) is 0 Å². The van der Waals surface area contributed by atoms with Gasteiger partial charge in [-0.05, 0) is 37.1 Å². The van der Waals surface area contributed by atoms with Gasteiger partial charge < -0.3 is 15.0 Å². The van der Waals surface area contributed by atoms with Crippen molar-refractivity contribution in [2.45, 2.75) is 12.8 Å². The lowest BCUT2D eigenvalue weighted by atomic mass is 10.2. The van der Waals surface area contributed by atoms with E-state index in [4.69, 9.17) is 16.3 Å². The molecule has 8 heteroatoms. The number of hydrogen-bond acceptors (Lipinski definition) is 5. The highest BCUT2D eigenvalue weighted by Gasteiger charge is 2.19. The Kier molecular flexibility index (Phi) is 5.58. The summed E-state index contributed by atoms with van der Waals surface area (Å²) in [6.07, 6.45) is 2.22. The summed E-state index contributed by atoms with van der Waals surface area (Å²) in [5.74, 6) is -0.357. The Bertz CT molecular complexity index is 822. The van der Waals surface area contributed by atoms with Crippen molar-refractivity contribution >= 4 is 34.6 Å². The van der Waals surface area contributed by atoms with Crippen LogP contribution in [0.15, 0.2) is 42.5 Å². The van der Waals surface area contributed by atoms with Crippen molar-refractivity contribution in [1.29, 1.82) is 0 Å². The van der Waals surface area contributed by atoms with Crippen LogP contribution in [0, 0.1) is 10.1 Å². The minimum atomic E-state index is -0.546. The number of anilines is 2. The fourth-order valence-corrected chi connectivity index (χ4v) is 3.07. The van der Waals surface area contributed by atoms with Crippen LogP contribution >= 0.6 is 11.6 Å². The van der Waals surface area contributed by atoms with Gasteiger partial charge in [-0.3, -0.25) is 14.9 Å². The van der Waals surface area contributed by atoms with Gasteiger partial charge in [-0.15, -0.1) is 0 Å². The zero-order chi connectivity index (χ0) is 18.5. The molecule has 1 heterocycles. The second kappa shape index (κ2) is 8.05. The Labute approximate surface area is 155 Å². The Balaban J connectivity index is 1.69. The smallest absolute Gasteiger partial charge is 0.310 e. The molecule has 1 N–H and O–H groups in total. The van der Waals surface area contributed by atoms with Gasteiger partial charge in [0.25, 0.3) is 5.91 Å². The molecular formula is C18H18ClN3O4. The van der Waals surface area contributed by atoms with Crippen LogP contribution in [0.1, 0.15) is 12.8 Å². The van der Waals surface area contributed by atoms with Gasteiger partial charge in [0.1, 0.15) is 0 Å². The normalized spacial score (nSPS) is 13.5. The van der Waals surface area contributed by atoms with E-state index in [0.29, 0.717) is 10.7 Å². The Morgan fingerprint density at radius 3 is 2.69 bits per heavy atom. The highest BCUT2D eigenvalue weighted by atomic mass is 35.5. The van der Waals surface area contributed by atoms with E-state index in [2.05, 4.69) is 10.2 Å². The molecule has 1 fully saturated rings. The number of nitro benzene ring substituents is 1. The van der Waals surface area contributed by atoms with Gasteiger partial charge >= 0.3 is 5.69 Å². The topological polar surface area (TPSA) is 84.7 Å². The molecule has 0 spiro atoms. The van der Waals surface area contributed by atoms with E-state index >= 15 is 0 Å². The molecule has 1 aliphatic heterocycles. The van der Waals surface area contributed by atoms with Crippen molar-refractivity contribution < 1.29 is 14.5 Å². The zero-order valence-corrected chi connectivity index (χ0v) is 14.7. The van der Waals surface area contributed by atoms with Gasteiger partial charge in [-0.2, -0.15) is 0 Å². The molecule has 0 radical (unpaired) electrons. The molecule has 136 valence electrons. The predicted molar refractivity (Wildman–Crippen MR) is 100 cm³/mol. The number of halogens is 1. The summed E-state index contributed by atoms with van der Waals surface area (Å²) in [5.41, 5.74) is 1.34. The molecule has 0 bridgehead atoms. The summed E-state index contributed by atoms with van der Waals surface area (Å²) in [4.78, 5) is 24.9. The van der Waals surface area contributed by atoms with Crippen LogP contribution in [0.25, 0.3) is 0 Å². The molecular weight excluding hydrogens is 358 g/mol. The number of ether oxygens (including phenoxy) is 1. The maximum atomic E-state index is 12.3. The van der Waals surface area contributed by atoms with Crippen LogP contribution in [0.5, 0.6) is 5.75 Å². The molecule has 7 nitrogen and oxygen atoms in total. The highest BCUT2D eigenvalue weighted by molar-refractivity contribution is 6.31. The van der Waals surface area contributed by atoms with Crippen LogP contribution in [0.2, 0.25) is 5.02 Å². The molecule has 3 rings (SSSR count). The molecule has 2 aromatic carbocycles. The Morgan fingerprint density at radius 2 is 1.96 bits per heavy atom. The monoisotopic (exact) mass is 375 g/mol. The van der Waals surface area contributed by atoms with Crippen LogP contribution in [0.3, 0.4) is 0 Å². The first-order valence-corrected chi connectivity index (χ1v) is 8.63. The molecule has 2 aromatic rings. The third kappa shape index (κ3) is 4.23. The lowest BCUT2D eigenvalue weighted by molar-refractivity contribution is -0.385. The second-order valence-corrected chi connectivity index (χ2v) is 6.35. The summed E-state index contributed by atoms with van der Waals surface area (Å²) in [7, 11) is 0.